The molecule has 0 saturated heterocycles. The normalized spacial score (nSPS) is 12.2. The Balaban J connectivity index is 2.17. The molecule has 112 valence electrons. The molecule has 1 atom stereocenters. The van der Waals surface area contributed by atoms with Gasteiger partial charge in [-0.1, -0.05) is 35.9 Å². The highest BCUT2D eigenvalue weighted by molar-refractivity contribution is 6.31. The van der Waals surface area contributed by atoms with E-state index in [1.54, 1.807) is 19.2 Å². The van der Waals surface area contributed by atoms with Gasteiger partial charge in [0.05, 0.1) is 7.11 Å². The van der Waals surface area contributed by atoms with Gasteiger partial charge < -0.3 is 9.84 Å². The lowest BCUT2D eigenvalue weighted by Crippen LogP contribution is -2.14. The molecule has 0 amide bonds. The van der Waals surface area contributed by atoms with Crippen LogP contribution in [-0.4, -0.2) is 18.8 Å². The molecule has 2 rings (SSSR count). The first-order valence-electron chi connectivity index (χ1n) is 6.81. The minimum absolute atomic E-state index is 0.0390. The number of rotatable bonds is 6. The average molecular weight is 309 g/mol. The minimum Gasteiger partial charge on any atom is -0.496 e. The summed E-state index contributed by atoms with van der Waals surface area (Å²) in [6, 6.07) is 12.3. The molecule has 0 aromatic heterocycles. The summed E-state index contributed by atoms with van der Waals surface area (Å²) in [4.78, 5) is 0. The highest BCUT2D eigenvalue weighted by atomic mass is 35.5. The van der Waals surface area contributed by atoms with Crippen molar-refractivity contribution in [2.45, 2.75) is 12.8 Å². The molecule has 0 aliphatic heterocycles. The third kappa shape index (κ3) is 3.96. The molecule has 0 radical (unpaired) electrons. The van der Waals surface area contributed by atoms with E-state index in [4.69, 9.17) is 16.3 Å². The van der Waals surface area contributed by atoms with Crippen LogP contribution in [0.4, 0.5) is 4.39 Å². The van der Waals surface area contributed by atoms with Crippen molar-refractivity contribution in [1.29, 1.82) is 0 Å². The van der Waals surface area contributed by atoms with E-state index in [-0.39, 0.29) is 18.3 Å². The average Bonchev–Trinajstić information content (AvgIpc) is 2.50. The summed E-state index contributed by atoms with van der Waals surface area (Å²) in [6.45, 7) is -0.0390. The van der Waals surface area contributed by atoms with Crippen LogP contribution in [0, 0.1) is 11.7 Å². The van der Waals surface area contributed by atoms with Gasteiger partial charge in [-0.2, -0.15) is 0 Å². The predicted molar refractivity (Wildman–Crippen MR) is 82.4 cm³/mol. The quantitative estimate of drug-likeness (QED) is 0.877. The van der Waals surface area contributed by atoms with Gasteiger partial charge >= 0.3 is 0 Å². The van der Waals surface area contributed by atoms with Crippen molar-refractivity contribution in [1.82, 2.24) is 0 Å². The zero-order chi connectivity index (χ0) is 15.2. The molecule has 1 unspecified atom stereocenters. The van der Waals surface area contributed by atoms with Gasteiger partial charge in [0, 0.05) is 17.2 Å². The molecule has 2 aromatic rings. The molecule has 0 saturated carbocycles. The molecule has 0 heterocycles. The van der Waals surface area contributed by atoms with Crippen molar-refractivity contribution in [2.24, 2.45) is 5.92 Å². The van der Waals surface area contributed by atoms with Crippen LogP contribution in [0.1, 0.15) is 11.1 Å². The fourth-order valence-corrected chi connectivity index (χ4v) is 2.64. The number of ether oxygens (including phenoxy) is 1. The lowest BCUT2D eigenvalue weighted by atomic mass is 9.92. The number of benzene rings is 2. The number of aliphatic hydroxyl groups is 1. The molecule has 4 heteroatoms. The Bertz CT molecular complexity index is 581. The summed E-state index contributed by atoms with van der Waals surface area (Å²) in [5.74, 6) is 0.326. The fraction of sp³-hybridized carbons (Fsp3) is 0.294. The Morgan fingerprint density at radius 2 is 1.90 bits per heavy atom. The van der Waals surface area contributed by atoms with Gasteiger partial charge in [0.25, 0.3) is 0 Å². The van der Waals surface area contributed by atoms with Gasteiger partial charge in [0.15, 0.2) is 0 Å². The van der Waals surface area contributed by atoms with Gasteiger partial charge in [-0.15, -0.1) is 0 Å². The van der Waals surface area contributed by atoms with Gasteiger partial charge in [-0.05, 0) is 42.5 Å². The SMILES string of the molecule is COc1ccccc1CC(CO)Cc1c(F)cccc1Cl. The third-order valence-electron chi connectivity index (χ3n) is 3.51. The third-order valence-corrected chi connectivity index (χ3v) is 3.87. The van der Waals surface area contributed by atoms with Crippen molar-refractivity contribution < 1.29 is 14.2 Å². The van der Waals surface area contributed by atoms with Gasteiger partial charge in [-0.25, -0.2) is 4.39 Å². The Hall–Kier alpha value is -1.58. The van der Waals surface area contributed by atoms with E-state index >= 15 is 0 Å². The largest absolute Gasteiger partial charge is 0.496 e. The molecule has 0 bridgehead atoms. The van der Waals surface area contributed by atoms with E-state index in [2.05, 4.69) is 0 Å². The molecule has 2 nitrogen and oxygen atoms in total. The second-order valence-corrected chi connectivity index (χ2v) is 5.38. The van der Waals surface area contributed by atoms with E-state index in [0.29, 0.717) is 23.4 Å². The number of aliphatic hydroxyl groups excluding tert-OH is 1. The van der Waals surface area contributed by atoms with Gasteiger partial charge in [0.2, 0.25) is 0 Å². The molecule has 1 N–H and O–H groups in total. The van der Waals surface area contributed by atoms with E-state index in [0.717, 1.165) is 11.3 Å². The van der Waals surface area contributed by atoms with Crippen molar-refractivity contribution in [2.75, 3.05) is 13.7 Å². The Kier molecular flexibility index (Phi) is 5.59. The van der Waals surface area contributed by atoms with E-state index in [9.17, 15) is 9.50 Å². The summed E-state index contributed by atoms with van der Waals surface area (Å²) < 4.78 is 19.1. The minimum atomic E-state index is -0.332. The van der Waals surface area contributed by atoms with Crippen molar-refractivity contribution >= 4 is 11.6 Å². The first-order valence-corrected chi connectivity index (χ1v) is 7.19. The lowest BCUT2D eigenvalue weighted by Gasteiger charge is -2.17. The second-order valence-electron chi connectivity index (χ2n) is 4.97. The number of halogens is 2. The van der Waals surface area contributed by atoms with E-state index < -0.39 is 0 Å². The topological polar surface area (TPSA) is 29.5 Å². The zero-order valence-electron chi connectivity index (χ0n) is 11.9. The summed E-state index contributed by atoms with van der Waals surface area (Å²) in [7, 11) is 1.61. The van der Waals surface area contributed by atoms with E-state index in [1.165, 1.54) is 6.07 Å². The number of hydrogen-bond donors (Lipinski definition) is 1. The van der Waals surface area contributed by atoms with Crippen LogP contribution in [0.5, 0.6) is 5.75 Å². The van der Waals surface area contributed by atoms with Crippen LogP contribution in [0.2, 0.25) is 5.02 Å². The molecular weight excluding hydrogens is 291 g/mol. The molecular formula is C17H18ClFO2. The van der Waals surface area contributed by atoms with Crippen molar-refractivity contribution in [3.63, 3.8) is 0 Å². The maximum atomic E-state index is 13.8. The summed E-state index contributed by atoms with van der Waals surface area (Å²) in [5.41, 5.74) is 1.44. The van der Waals surface area contributed by atoms with Crippen molar-refractivity contribution in [3.8, 4) is 5.75 Å². The molecule has 21 heavy (non-hydrogen) atoms. The molecule has 0 aliphatic carbocycles. The molecule has 2 aromatic carbocycles. The second kappa shape index (κ2) is 7.43. The maximum Gasteiger partial charge on any atom is 0.127 e. The highest BCUT2D eigenvalue weighted by Crippen LogP contribution is 2.26. The summed E-state index contributed by atoms with van der Waals surface area (Å²) in [6.07, 6.45) is 0.991. The van der Waals surface area contributed by atoms with Gasteiger partial charge in [0.1, 0.15) is 11.6 Å². The van der Waals surface area contributed by atoms with Crippen LogP contribution in [-0.2, 0) is 12.8 Å². The predicted octanol–water partition coefficient (Wildman–Crippen LogP) is 3.88. The number of para-hydroxylation sites is 1. The van der Waals surface area contributed by atoms with Crippen LogP contribution >= 0.6 is 11.6 Å². The van der Waals surface area contributed by atoms with Crippen LogP contribution in [0.25, 0.3) is 0 Å². The number of methoxy groups -OCH3 is 1. The first-order chi connectivity index (χ1) is 10.2. The highest BCUT2D eigenvalue weighted by Gasteiger charge is 2.16. The first kappa shape index (κ1) is 15.8. The lowest BCUT2D eigenvalue weighted by molar-refractivity contribution is 0.223. The molecule has 0 fully saturated rings. The van der Waals surface area contributed by atoms with Crippen LogP contribution < -0.4 is 4.74 Å². The summed E-state index contributed by atoms with van der Waals surface area (Å²) in [5, 5.41) is 9.98. The van der Waals surface area contributed by atoms with Crippen molar-refractivity contribution in [3.05, 3.63) is 64.4 Å². The molecule has 0 spiro atoms. The molecule has 0 aliphatic rings. The Labute approximate surface area is 129 Å². The smallest absolute Gasteiger partial charge is 0.127 e. The zero-order valence-corrected chi connectivity index (χ0v) is 12.6. The van der Waals surface area contributed by atoms with Crippen LogP contribution in [0.3, 0.4) is 0 Å². The van der Waals surface area contributed by atoms with E-state index in [1.807, 2.05) is 24.3 Å². The Morgan fingerprint density at radius 3 is 2.57 bits per heavy atom. The Morgan fingerprint density at radius 1 is 1.14 bits per heavy atom. The van der Waals surface area contributed by atoms with Gasteiger partial charge in [-0.3, -0.25) is 0 Å². The fourth-order valence-electron chi connectivity index (χ4n) is 2.40. The van der Waals surface area contributed by atoms with Crippen LogP contribution in [0.15, 0.2) is 42.5 Å². The number of hydrogen-bond acceptors (Lipinski definition) is 2. The maximum absolute atomic E-state index is 13.8. The monoisotopic (exact) mass is 308 g/mol. The standard InChI is InChI=1S/C17H18ClFO2/c1-21-17-8-3-2-5-13(17)9-12(11-20)10-14-15(18)6-4-7-16(14)19/h2-8,12,20H,9-11H2,1H3. The summed E-state index contributed by atoms with van der Waals surface area (Å²) >= 11 is 6.05.